The molecule has 0 unspecified atom stereocenters. The Morgan fingerprint density at radius 1 is 1.31 bits per heavy atom. The Hall–Kier alpha value is -2.97. The standard InChI is InChI=1S/C17H19N7O2/c1-10-6-13(22-26-10)17(25)18-7-11-8-23(9-11)15-5-4-14-19-20-16(12-2-3-12)24(14)21-15/h4-6,11-12H,2-3,7-9H2,1H3,(H,18,25). The lowest BCUT2D eigenvalue weighted by molar-refractivity contribution is 0.0935. The number of nitrogens with one attached hydrogen (secondary N) is 1. The first-order valence-electron chi connectivity index (χ1n) is 8.86. The van der Waals surface area contributed by atoms with Crippen molar-refractivity contribution in [2.45, 2.75) is 25.7 Å². The van der Waals surface area contributed by atoms with Gasteiger partial charge in [0.1, 0.15) is 11.6 Å². The molecule has 0 aromatic carbocycles. The van der Waals surface area contributed by atoms with E-state index in [1.807, 2.05) is 16.6 Å². The Morgan fingerprint density at radius 3 is 2.88 bits per heavy atom. The first-order valence-corrected chi connectivity index (χ1v) is 8.86. The van der Waals surface area contributed by atoms with Crippen LogP contribution in [0.15, 0.2) is 22.7 Å². The van der Waals surface area contributed by atoms with E-state index in [9.17, 15) is 4.79 Å². The fraction of sp³-hybridized carbons (Fsp3) is 0.471. The lowest BCUT2D eigenvalue weighted by Crippen LogP contribution is -2.52. The van der Waals surface area contributed by atoms with Crippen LogP contribution in [-0.2, 0) is 0 Å². The Morgan fingerprint density at radius 2 is 2.15 bits per heavy atom. The maximum Gasteiger partial charge on any atom is 0.273 e. The second-order valence-corrected chi connectivity index (χ2v) is 7.10. The maximum atomic E-state index is 12.0. The van der Waals surface area contributed by atoms with Gasteiger partial charge in [-0.3, -0.25) is 4.79 Å². The van der Waals surface area contributed by atoms with E-state index >= 15 is 0 Å². The number of carbonyl (C=O) groups is 1. The highest BCUT2D eigenvalue weighted by Crippen LogP contribution is 2.38. The summed E-state index contributed by atoms with van der Waals surface area (Å²) in [5.74, 6) is 3.23. The van der Waals surface area contributed by atoms with Crippen LogP contribution in [0.3, 0.4) is 0 Å². The highest BCUT2D eigenvalue weighted by atomic mass is 16.5. The smallest absolute Gasteiger partial charge is 0.273 e. The number of nitrogens with zero attached hydrogens (tertiary/aromatic N) is 6. The molecule has 4 heterocycles. The van der Waals surface area contributed by atoms with Gasteiger partial charge in [0.2, 0.25) is 0 Å². The molecule has 1 amide bonds. The predicted octanol–water partition coefficient (Wildman–Crippen LogP) is 1.16. The summed E-state index contributed by atoms with van der Waals surface area (Å²) in [7, 11) is 0. The van der Waals surface area contributed by atoms with Gasteiger partial charge >= 0.3 is 0 Å². The Kier molecular flexibility index (Phi) is 3.41. The first-order chi connectivity index (χ1) is 12.7. The van der Waals surface area contributed by atoms with Crippen molar-refractivity contribution in [2.24, 2.45) is 5.92 Å². The van der Waals surface area contributed by atoms with E-state index < -0.39 is 0 Å². The summed E-state index contributed by atoms with van der Waals surface area (Å²) >= 11 is 0. The molecule has 3 aromatic rings. The molecule has 1 saturated heterocycles. The summed E-state index contributed by atoms with van der Waals surface area (Å²) in [5, 5.41) is 19.8. The first kappa shape index (κ1) is 15.3. The van der Waals surface area contributed by atoms with Gasteiger partial charge in [0.25, 0.3) is 5.91 Å². The van der Waals surface area contributed by atoms with E-state index in [1.165, 1.54) is 12.8 Å². The molecule has 0 bridgehead atoms. The van der Waals surface area contributed by atoms with Crippen LogP contribution in [-0.4, -0.2) is 50.5 Å². The van der Waals surface area contributed by atoms with Crippen molar-refractivity contribution >= 4 is 17.4 Å². The van der Waals surface area contributed by atoms with Gasteiger partial charge < -0.3 is 14.7 Å². The molecule has 0 radical (unpaired) electrons. The number of carbonyl (C=O) groups excluding carboxylic acids is 1. The number of hydrogen-bond donors (Lipinski definition) is 1. The summed E-state index contributed by atoms with van der Waals surface area (Å²) < 4.78 is 6.80. The van der Waals surface area contributed by atoms with Gasteiger partial charge in [-0.1, -0.05) is 5.16 Å². The van der Waals surface area contributed by atoms with Crippen molar-refractivity contribution in [3.05, 3.63) is 35.5 Å². The van der Waals surface area contributed by atoms with Crippen molar-refractivity contribution in [3.63, 3.8) is 0 Å². The normalized spacial score (nSPS) is 17.5. The van der Waals surface area contributed by atoms with Crippen LogP contribution >= 0.6 is 0 Å². The molecule has 5 rings (SSSR count). The van der Waals surface area contributed by atoms with Crippen molar-refractivity contribution in [2.75, 3.05) is 24.5 Å². The number of aryl methyl sites for hydroxylation is 1. The summed E-state index contributed by atoms with van der Waals surface area (Å²) in [5.41, 5.74) is 1.12. The van der Waals surface area contributed by atoms with Gasteiger partial charge in [0, 0.05) is 37.5 Å². The van der Waals surface area contributed by atoms with Gasteiger partial charge in [0.15, 0.2) is 17.2 Å². The third kappa shape index (κ3) is 2.69. The number of aromatic nitrogens is 5. The molecule has 3 aromatic heterocycles. The minimum Gasteiger partial charge on any atom is -0.361 e. The number of hydrogen-bond acceptors (Lipinski definition) is 7. The number of amides is 1. The highest BCUT2D eigenvalue weighted by molar-refractivity contribution is 5.92. The molecule has 1 aliphatic carbocycles. The second kappa shape index (κ2) is 5.79. The summed E-state index contributed by atoms with van der Waals surface area (Å²) in [6, 6.07) is 5.58. The van der Waals surface area contributed by atoms with Crippen molar-refractivity contribution in [3.8, 4) is 0 Å². The van der Waals surface area contributed by atoms with Crippen LogP contribution in [0.5, 0.6) is 0 Å². The van der Waals surface area contributed by atoms with Gasteiger partial charge in [0.05, 0.1) is 0 Å². The highest BCUT2D eigenvalue weighted by Gasteiger charge is 2.31. The van der Waals surface area contributed by atoms with Crippen LogP contribution in [0.2, 0.25) is 0 Å². The molecule has 1 saturated carbocycles. The van der Waals surface area contributed by atoms with E-state index in [4.69, 9.17) is 9.62 Å². The van der Waals surface area contributed by atoms with Crippen LogP contribution in [0, 0.1) is 12.8 Å². The molecule has 1 aliphatic heterocycles. The molecule has 9 nitrogen and oxygen atoms in total. The zero-order chi connectivity index (χ0) is 17.7. The molecule has 2 fully saturated rings. The Balaban J connectivity index is 1.19. The van der Waals surface area contributed by atoms with Crippen molar-refractivity contribution in [1.29, 1.82) is 0 Å². The van der Waals surface area contributed by atoms with E-state index in [-0.39, 0.29) is 5.91 Å². The Labute approximate surface area is 149 Å². The minimum absolute atomic E-state index is 0.196. The lowest BCUT2D eigenvalue weighted by Gasteiger charge is -2.40. The van der Waals surface area contributed by atoms with Gasteiger partial charge in [-0.05, 0) is 31.9 Å². The average Bonchev–Trinajstić information content (AvgIpc) is 3.21. The van der Waals surface area contributed by atoms with E-state index in [1.54, 1.807) is 13.0 Å². The monoisotopic (exact) mass is 353 g/mol. The van der Waals surface area contributed by atoms with E-state index in [0.29, 0.717) is 29.8 Å². The van der Waals surface area contributed by atoms with Crippen molar-refractivity contribution < 1.29 is 9.32 Å². The summed E-state index contributed by atoms with van der Waals surface area (Å²) in [4.78, 5) is 14.2. The Bertz CT molecular complexity index is 969. The zero-order valence-electron chi connectivity index (χ0n) is 14.4. The van der Waals surface area contributed by atoms with Crippen LogP contribution < -0.4 is 10.2 Å². The van der Waals surface area contributed by atoms with Crippen LogP contribution in [0.4, 0.5) is 5.82 Å². The fourth-order valence-corrected chi connectivity index (χ4v) is 3.25. The van der Waals surface area contributed by atoms with Crippen molar-refractivity contribution in [1.82, 2.24) is 30.3 Å². The maximum absolute atomic E-state index is 12.0. The number of fused-ring (bicyclic) bond motifs is 1. The molecular formula is C17H19N7O2. The average molecular weight is 353 g/mol. The van der Waals surface area contributed by atoms with Crippen LogP contribution in [0.25, 0.3) is 5.65 Å². The van der Waals surface area contributed by atoms with Gasteiger partial charge in [-0.2, -0.15) is 4.52 Å². The molecule has 0 atom stereocenters. The summed E-state index contributed by atoms with van der Waals surface area (Å²) in [6.45, 7) is 4.10. The van der Waals surface area contributed by atoms with E-state index in [2.05, 4.69) is 25.6 Å². The SMILES string of the molecule is Cc1cc(C(=O)NCC2CN(c3ccc4nnc(C5CC5)n4n3)C2)no1. The second-order valence-electron chi connectivity index (χ2n) is 7.10. The minimum atomic E-state index is -0.196. The molecule has 9 heteroatoms. The zero-order valence-corrected chi connectivity index (χ0v) is 14.4. The quantitative estimate of drug-likeness (QED) is 0.734. The predicted molar refractivity (Wildman–Crippen MR) is 92.0 cm³/mol. The topological polar surface area (TPSA) is 101 Å². The van der Waals surface area contributed by atoms with Gasteiger partial charge in [-0.25, -0.2) is 0 Å². The third-order valence-corrected chi connectivity index (χ3v) is 4.91. The molecule has 26 heavy (non-hydrogen) atoms. The molecule has 134 valence electrons. The van der Waals surface area contributed by atoms with Gasteiger partial charge in [-0.15, -0.1) is 15.3 Å². The lowest BCUT2D eigenvalue weighted by atomic mass is 10.0. The molecular weight excluding hydrogens is 334 g/mol. The largest absolute Gasteiger partial charge is 0.361 e. The molecule has 1 N–H and O–H groups in total. The molecule has 2 aliphatic rings. The number of rotatable bonds is 5. The summed E-state index contributed by atoms with van der Waals surface area (Å²) in [6.07, 6.45) is 2.34. The molecule has 0 spiro atoms. The fourth-order valence-electron chi connectivity index (χ4n) is 3.25. The number of anilines is 1. The van der Waals surface area contributed by atoms with E-state index in [0.717, 1.165) is 30.4 Å². The van der Waals surface area contributed by atoms with Crippen LogP contribution in [0.1, 0.15) is 40.8 Å². The third-order valence-electron chi connectivity index (χ3n) is 4.91.